The predicted octanol–water partition coefficient (Wildman–Crippen LogP) is 2.13. The summed E-state index contributed by atoms with van der Waals surface area (Å²) in [7, 11) is 1.62. The van der Waals surface area contributed by atoms with Crippen molar-refractivity contribution in [2.75, 3.05) is 39.8 Å². The Bertz CT molecular complexity index is 1540. The van der Waals surface area contributed by atoms with E-state index >= 15 is 0 Å². The van der Waals surface area contributed by atoms with Crippen LogP contribution in [0.25, 0.3) is 11.1 Å². The van der Waals surface area contributed by atoms with Crippen molar-refractivity contribution in [2.45, 2.75) is 77.5 Å². The molecule has 1 aliphatic carbocycles. The van der Waals surface area contributed by atoms with E-state index in [9.17, 15) is 28.8 Å². The van der Waals surface area contributed by atoms with Crippen LogP contribution in [0.2, 0.25) is 0 Å². The van der Waals surface area contributed by atoms with Gasteiger partial charge in [-0.25, -0.2) is 4.79 Å². The topological polar surface area (TPSA) is 215 Å². The van der Waals surface area contributed by atoms with Crippen LogP contribution < -0.4 is 27.0 Å². The maximum absolute atomic E-state index is 12.1. The van der Waals surface area contributed by atoms with Gasteiger partial charge in [-0.15, -0.1) is 0 Å². The number of nitrogens with two attached hydrogens (primary N) is 1. The summed E-state index contributed by atoms with van der Waals surface area (Å²) < 4.78 is 11.5. The fraction of sp³-hybridized carbons (Fsp3) is 0.538. The van der Waals surface area contributed by atoms with Gasteiger partial charge in [-0.2, -0.15) is 0 Å². The molecule has 290 valence electrons. The van der Waals surface area contributed by atoms with Crippen molar-refractivity contribution in [1.82, 2.24) is 21.3 Å². The lowest BCUT2D eigenvalue weighted by molar-refractivity contribution is -0.153. The number of nitrogens with one attached hydrogen (secondary N) is 4. The number of ketones is 1. The Balaban J connectivity index is 0.000000300. The number of hydrogen-bond donors (Lipinski definition) is 6. The Hall–Kier alpha value is -4.66. The standard InChI is InChI=1S/C21H38N4O6.C18H17NO3/c1-5-16-13(3)12(2)14(4)17(31-16)8-6-7-15(22)21(30)25-10-19(27)23-9-18(26)24-11-20(28)29;1-19-10-17(20)18(21)22-11-16-14-8-4-2-6-12(14)13-7-3-5-9-15(13)16/h12-17H,5-11,22H2,1-4H3,(H,23,27)(H,24,26)(H,25,30)(H,28,29);2-9,16,19H,10-11H2,1H3/t12-,13+,14?,15-,16?,17+;/m0./s1. The number of aliphatic carboxylic acids is 1. The molecule has 0 radical (unpaired) electrons. The van der Waals surface area contributed by atoms with Gasteiger partial charge in [0.2, 0.25) is 17.7 Å². The lowest BCUT2D eigenvalue weighted by atomic mass is 9.75. The van der Waals surface area contributed by atoms with Crippen molar-refractivity contribution >= 4 is 35.4 Å². The number of ether oxygens (including phenoxy) is 2. The summed E-state index contributed by atoms with van der Waals surface area (Å²) in [5.74, 6) is -2.62. The highest BCUT2D eigenvalue weighted by Gasteiger charge is 2.38. The van der Waals surface area contributed by atoms with Crippen molar-refractivity contribution < 1.29 is 43.3 Å². The minimum atomic E-state index is -1.18. The smallest absolute Gasteiger partial charge is 0.376 e. The van der Waals surface area contributed by atoms with Crippen LogP contribution in [0.4, 0.5) is 0 Å². The first-order valence-corrected chi connectivity index (χ1v) is 18.3. The largest absolute Gasteiger partial charge is 0.480 e. The third kappa shape index (κ3) is 12.5. The highest BCUT2D eigenvalue weighted by molar-refractivity contribution is 6.34. The number of amides is 3. The number of esters is 1. The van der Waals surface area contributed by atoms with E-state index in [0.717, 1.165) is 30.4 Å². The van der Waals surface area contributed by atoms with E-state index in [4.69, 9.17) is 20.3 Å². The van der Waals surface area contributed by atoms with E-state index in [-0.39, 0.29) is 44.4 Å². The van der Waals surface area contributed by atoms with Crippen molar-refractivity contribution in [1.29, 1.82) is 0 Å². The summed E-state index contributed by atoms with van der Waals surface area (Å²) in [5.41, 5.74) is 10.6. The van der Waals surface area contributed by atoms with E-state index in [1.165, 1.54) is 11.1 Å². The van der Waals surface area contributed by atoms with Crippen LogP contribution in [-0.4, -0.2) is 98.6 Å². The molecule has 2 aliphatic rings. The minimum absolute atomic E-state index is 0.00330. The summed E-state index contributed by atoms with van der Waals surface area (Å²) in [6, 6.07) is 15.5. The molecule has 1 fully saturated rings. The first-order valence-electron chi connectivity index (χ1n) is 18.3. The van der Waals surface area contributed by atoms with Crippen molar-refractivity contribution in [3.63, 3.8) is 0 Å². The van der Waals surface area contributed by atoms with Crippen LogP contribution in [0, 0.1) is 17.8 Å². The van der Waals surface area contributed by atoms with Crippen LogP contribution >= 0.6 is 0 Å². The third-order valence-electron chi connectivity index (χ3n) is 10.1. The summed E-state index contributed by atoms with van der Waals surface area (Å²) in [6.45, 7) is 7.84. The molecule has 6 atom stereocenters. The molecule has 14 heteroatoms. The van der Waals surface area contributed by atoms with E-state index in [1.807, 2.05) is 36.4 Å². The fourth-order valence-electron chi connectivity index (χ4n) is 6.79. The third-order valence-corrected chi connectivity index (χ3v) is 10.1. The van der Waals surface area contributed by atoms with Gasteiger partial charge >= 0.3 is 11.9 Å². The molecule has 0 spiro atoms. The zero-order chi connectivity index (χ0) is 39.1. The summed E-state index contributed by atoms with van der Waals surface area (Å²) >= 11 is 0. The van der Waals surface area contributed by atoms with Gasteiger partial charge < -0.3 is 41.6 Å². The molecular weight excluding hydrogens is 682 g/mol. The highest BCUT2D eigenvalue weighted by Crippen LogP contribution is 2.44. The molecule has 4 rings (SSSR count). The molecule has 0 saturated carbocycles. The second-order valence-electron chi connectivity index (χ2n) is 13.7. The number of rotatable bonds is 17. The van der Waals surface area contributed by atoms with Crippen LogP contribution in [0.15, 0.2) is 48.5 Å². The lowest BCUT2D eigenvalue weighted by Gasteiger charge is -2.44. The molecule has 14 nitrogen and oxygen atoms in total. The summed E-state index contributed by atoms with van der Waals surface area (Å²) in [6.07, 6.45) is 3.47. The average Bonchev–Trinajstić information content (AvgIpc) is 3.47. The van der Waals surface area contributed by atoms with Gasteiger partial charge in [0.25, 0.3) is 5.78 Å². The molecule has 7 N–H and O–H groups in total. The molecule has 1 aliphatic heterocycles. The molecule has 53 heavy (non-hydrogen) atoms. The molecular formula is C39H55N5O9. The lowest BCUT2D eigenvalue weighted by Crippen LogP contribution is -2.47. The molecule has 1 heterocycles. The molecule has 1 saturated heterocycles. The number of likely N-dealkylation sites (N-methyl/N-ethyl adjacent to an activating group) is 1. The Morgan fingerprint density at radius 1 is 0.792 bits per heavy atom. The molecule has 2 aromatic carbocycles. The number of Topliss-reactive ketones (excluding diaryl/α,β-unsaturated/α-hetero) is 1. The molecule has 2 unspecified atom stereocenters. The second-order valence-corrected chi connectivity index (χ2v) is 13.7. The van der Waals surface area contributed by atoms with Crippen LogP contribution in [0.3, 0.4) is 0 Å². The van der Waals surface area contributed by atoms with Gasteiger partial charge in [0, 0.05) is 5.92 Å². The monoisotopic (exact) mass is 737 g/mol. The van der Waals surface area contributed by atoms with E-state index in [2.05, 4.69) is 61.1 Å². The quantitative estimate of drug-likeness (QED) is 0.102. The average molecular weight is 738 g/mol. The summed E-state index contributed by atoms with van der Waals surface area (Å²) in [5, 5.41) is 18.0. The Morgan fingerprint density at radius 3 is 1.91 bits per heavy atom. The van der Waals surface area contributed by atoms with Crippen LogP contribution in [-0.2, 0) is 38.2 Å². The molecule has 3 amide bonds. The molecule has 0 bridgehead atoms. The van der Waals surface area contributed by atoms with Gasteiger partial charge in [0.05, 0.1) is 37.9 Å². The highest BCUT2D eigenvalue weighted by atomic mass is 16.5. The second kappa shape index (κ2) is 21.1. The number of carboxylic acids is 1. The fourth-order valence-corrected chi connectivity index (χ4v) is 6.79. The Kier molecular flexibility index (Phi) is 17.1. The maximum atomic E-state index is 12.1. The zero-order valence-electron chi connectivity index (χ0n) is 31.3. The normalized spacial score (nSPS) is 20.8. The van der Waals surface area contributed by atoms with Crippen LogP contribution in [0.5, 0.6) is 0 Å². The number of benzene rings is 2. The summed E-state index contributed by atoms with van der Waals surface area (Å²) in [4.78, 5) is 68.7. The van der Waals surface area contributed by atoms with Crippen molar-refractivity contribution in [3.05, 3.63) is 59.7 Å². The first kappa shape index (κ1) is 42.8. The minimum Gasteiger partial charge on any atom is -0.480 e. The Labute approximate surface area is 311 Å². The van der Waals surface area contributed by atoms with Gasteiger partial charge in [-0.05, 0) is 72.7 Å². The number of hydrogen-bond acceptors (Lipinski definition) is 10. The van der Waals surface area contributed by atoms with Crippen molar-refractivity contribution in [2.24, 2.45) is 23.5 Å². The van der Waals surface area contributed by atoms with Gasteiger partial charge in [-0.1, -0.05) is 76.2 Å². The molecule has 2 aromatic rings. The van der Waals surface area contributed by atoms with Gasteiger partial charge in [-0.3, -0.25) is 24.0 Å². The van der Waals surface area contributed by atoms with Gasteiger partial charge in [0.1, 0.15) is 13.2 Å². The van der Waals surface area contributed by atoms with E-state index < -0.39 is 48.0 Å². The van der Waals surface area contributed by atoms with Crippen LogP contribution in [0.1, 0.15) is 70.4 Å². The Morgan fingerprint density at radius 2 is 1.34 bits per heavy atom. The SMILES string of the molecule is CCC1O[C@H](CCC[C@H](N)C(=O)NCC(=O)NCC(=O)NCC(=O)O)C(C)[C@@H](C)[C@H]1C.CNCC(=O)C(=O)OCC1c2ccccc2-c2ccccc21. The number of carbonyl (C=O) groups is 6. The maximum Gasteiger partial charge on any atom is 0.376 e. The number of carbonyl (C=O) groups excluding carboxylic acids is 5. The zero-order valence-corrected chi connectivity index (χ0v) is 31.3. The number of carboxylic acid groups (broad SMARTS) is 1. The van der Waals surface area contributed by atoms with Crippen molar-refractivity contribution in [3.8, 4) is 11.1 Å². The van der Waals surface area contributed by atoms with E-state index in [1.54, 1.807) is 7.05 Å². The first-order chi connectivity index (χ1) is 25.3. The van der Waals surface area contributed by atoms with E-state index in [0.29, 0.717) is 24.2 Å². The predicted molar refractivity (Wildman–Crippen MR) is 199 cm³/mol. The van der Waals surface area contributed by atoms with Gasteiger partial charge in [0.15, 0.2) is 0 Å². The molecule has 0 aromatic heterocycles. The number of fused-ring (bicyclic) bond motifs is 3.